The number of aromatic nitrogens is 3. The van der Waals surface area contributed by atoms with E-state index in [-0.39, 0.29) is 18.6 Å². The minimum atomic E-state index is -0.887. The zero-order valence-electron chi connectivity index (χ0n) is 11.6. The quantitative estimate of drug-likeness (QED) is 0.733. The maximum atomic E-state index is 11.8. The molecule has 1 fully saturated rings. The molecule has 1 heterocycles. The summed E-state index contributed by atoms with van der Waals surface area (Å²) in [5.74, 6) is -0.235. The van der Waals surface area contributed by atoms with Gasteiger partial charge in [-0.3, -0.25) is 4.79 Å². The summed E-state index contributed by atoms with van der Waals surface area (Å²) in [7, 11) is 1.79. The molecule has 1 aliphatic carbocycles. The third kappa shape index (κ3) is 2.73. The molecule has 3 N–H and O–H groups in total. The number of hydrogen-bond acceptors (Lipinski definition) is 4. The van der Waals surface area contributed by atoms with Crippen LogP contribution in [0.2, 0.25) is 0 Å². The van der Waals surface area contributed by atoms with Crippen LogP contribution < -0.4 is 10.6 Å². The Labute approximate surface area is 116 Å². The zero-order valence-corrected chi connectivity index (χ0v) is 11.6. The van der Waals surface area contributed by atoms with Gasteiger partial charge >= 0.3 is 12.0 Å². The summed E-state index contributed by atoms with van der Waals surface area (Å²) in [6.45, 7) is 1.93. The maximum absolute atomic E-state index is 11.8. The lowest BCUT2D eigenvalue weighted by atomic mass is 9.85. The highest BCUT2D eigenvalue weighted by Gasteiger charge is 2.45. The molecular formula is C12H19N5O3. The Morgan fingerprint density at radius 3 is 2.95 bits per heavy atom. The topological polar surface area (TPSA) is 109 Å². The van der Waals surface area contributed by atoms with E-state index in [2.05, 4.69) is 20.8 Å². The number of amides is 2. The predicted octanol–water partition coefficient (Wildman–Crippen LogP) is 0.258. The largest absolute Gasteiger partial charge is 0.481 e. The molecule has 1 aliphatic rings. The first-order valence-corrected chi connectivity index (χ1v) is 6.54. The summed E-state index contributed by atoms with van der Waals surface area (Å²) >= 11 is 0. The molecule has 2 atom stereocenters. The Balaban J connectivity index is 1.88. The second-order valence-electron chi connectivity index (χ2n) is 5.35. The minimum absolute atomic E-state index is 0.249. The van der Waals surface area contributed by atoms with Crippen LogP contribution in [0.1, 0.15) is 32.0 Å². The van der Waals surface area contributed by atoms with Gasteiger partial charge in [-0.1, -0.05) is 6.42 Å². The highest BCUT2D eigenvalue weighted by Crippen LogP contribution is 2.38. The number of carboxylic acid groups (broad SMARTS) is 1. The van der Waals surface area contributed by atoms with Crippen molar-refractivity contribution in [2.24, 2.45) is 12.5 Å². The molecule has 1 aromatic rings. The van der Waals surface area contributed by atoms with Crippen molar-refractivity contribution in [3.8, 4) is 0 Å². The van der Waals surface area contributed by atoms with Crippen LogP contribution in [-0.4, -0.2) is 37.9 Å². The number of rotatable bonds is 4. The zero-order chi connectivity index (χ0) is 14.8. The molecule has 8 heteroatoms. The van der Waals surface area contributed by atoms with Crippen molar-refractivity contribution < 1.29 is 14.7 Å². The van der Waals surface area contributed by atoms with Crippen LogP contribution in [-0.2, 0) is 18.4 Å². The molecule has 0 spiro atoms. The third-order valence-electron chi connectivity index (χ3n) is 3.96. The van der Waals surface area contributed by atoms with Crippen molar-refractivity contribution in [1.82, 2.24) is 25.4 Å². The molecular weight excluding hydrogens is 262 g/mol. The number of aryl methyl sites for hydroxylation is 1. The molecule has 1 aromatic heterocycles. The summed E-state index contributed by atoms with van der Waals surface area (Å²) in [6, 6.07) is -0.730. The number of hydrogen-bond donors (Lipinski definition) is 3. The second kappa shape index (κ2) is 5.48. The highest BCUT2D eigenvalue weighted by atomic mass is 16.4. The molecule has 0 saturated heterocycles. The average Bonchev–Trinajstić information content (AvgIpc) is 2.95. The van der Waals surface area contributed by atoms with Gasteiger partial charge < -0.3 is 20.3 Å². The van der Waals surface area contributed by atoms with Gasteiger partial charge in [0.05, 0.1) is 12.0 Å². The summed E-state index contributed by atoms with van der Waals surface area (Å²) < 4.78 is 1.71. The minimum Gasteiger partial charge on any atom is -0.481 e. The van der Waals surface area contributed by atoms with Crippen molar-refractivity contribution in [1.29, 1.82) is 0 Å². The number of nitrogens with one attached hydrogen (secondary N) is 2. The lowest BCUT2D eigenvalue weighted by molar-refractivity contribution is -0.148. The summed E-state index contributed by atoms with van der Waals surface area (Å²) in [5, 5.41) is 22.3. The van der Waals surface area contributed by atoms with E-state index in [1.807, 2.05) is 0 Å². The average molecular weight is 281 g/mol. The van der Waals surface area contributed by atoms with E-state index in [0.717, 1.165) is 6.42 Å². The van der Waals surface area contributed by atoms with E-state index >= 15 is 0 Å². The Bertz CT molecular complexity index is 515. The van der Waals surface area contributed by atoms with E-state index in [1.165, 1.54) is 0 Å². The van der Waals surface area contributed by atoms with E-state index in [0.29, 0.717) is 18.7 Å². The van der Waals surface area contributed by atoms with E-state index < -0.39 is 11.4 Å². The van der Waals surface area contributed by atoms with Crippen molar-refractivity contribution >= 4 is 12.0 Å². The molecule has 0 aliphatic heterocycles. The predicted molar refractivity (Wildman–Crippen MR) is 69.8 cm³/mol. The van der Waals surface area contributed by atoms with Gasteiger partial charge in [0, 0.05) is 13.1 Å². The van der Waals surface area contributed by atoms with Crippen LogP contribution in [0, 0.1) is 5.41 Å². The van der Waals surface area contributed by atoms with Crippen LogP contribution >= 0.6 is 0 Å². The van der Waals surface area contributed by atoms with Crippen molar-refractivity contribution in [3.63, 3.8) is 0 Å². The molecule has 20 heavy (non-hydrogen) atoms. The van der Waals surface area contributed by atoms with Crippen molar-refractivity contribution in [2.75, 3.05) is 0 Å². The standard InChI is InChI=1S/C12H19N5O3/c1-12(10(18)19)5-3-4-8(12)15-11(20)13-6-9-16-14-7-17(9)2/h7-8H,3-6H2,1-2H3,(H,18,19)(H2,13,15,20). The molecule has 1 saturated carbocycles. The van der Waals surface area contributed by atoms with Gasteiger partial charge in [-0.25, -0.2) is 4.79 Å². The lowest BCUT2D eigenvalue weighted by Crippen LogP contribution is -2.50. The van der Waals surface area contributed by atoms with Gasteiger partial charge in [-0.15, -0.1) is 10.2 Å². The number of urea groups is 1. The Morgan fingerprint density at radius 2 is 2.35 bits per heavy atom. The number of carbonyl (C=O) groups excluding carboxylic acids is 1. The van der Waals surface area contributed by atoms with Crippen molar-refractivity contribution in [3.05, 3.63) is 12.2 Å². The Hall–Kier alpha value is -2.12. The smallest absolute Gasteiger partial charge is 0.315 e. The highest BCUT2D eigenvalue weighted by molar-refractivity contribution is 5.79. The van der Waals surface area contributed by atoms with Crippen LogP contribution in [0.25, 0.3) is 0 Å². The normalized spacial score (nSPS) is 25.4. The molecule has 8 nitrogen and oxygen atoms in total. The fourth-order valence-corrected chi connectivity index (χ4v) is 2.49. The van der Waals surface area contributed by atoms with Gasteiger partial charge in [0.15, 0.2) is 5.82 Å². The van der Waals surface area contributed by atoms with Gasteiger partial charge in [0.1, 0.15) is 6.33 Å². The molecule has 0 aromatic carbocycles. The first kappa shape index (κ1) is 14.3. The first-order valence-electron chi connectivity index (χ1n) is 6.54. The molecule has 2 unspecified atom stereocenters. The van der Waals surface area contributed by atoms with Crippen LogP contribution in [0.15, 0.2) is 6.33 Å². The van der Waals surface area contributed by atoms with Gasteiger partial charge in [-0.2, -0.15) is 0 Å². The summed E-state index contributed by atoms with van der Waals surface area (Å²) in [6.07, 6.45) is 3.61. The SMILES string of the molecule is Cn1cnnc1CNC(=O)NC1CCCC1(C)C(=O)O. The molecule has 0 bridgehead atoms. The van der Waals surface area contributed by atoms with Crippen LogP contribution in [0.4, 0.5) is 4.79 Å². The molecule has 0 radical (unpaired) electrons. The Morgan fingerprint density at radius 1 is 1.60 bits per heavy atom. The van der Waals surface area contributed by atoms with Gasteiger partial charge in [0.2, 0.25) is 0 Å². The van der Waals surface area contributed by atoms with Crippen LogP contribution in [0.3, 0.4) is 0 Å². The van der Waals surface area contributed by atoms with E-state index in [4.69, 9.17) is 0 Å². The summed E-state index contributed by atoms with van der Waals surface area (Å²) in [5.41, 5.74) is -0.887. The fraction of sp³-hybridized carbons (Fsp3) is 0.667. The number of carboxylic acids is 1. The monoisotopic (exact) mass is 281 g/mol. The van der Waals surface area contributed by atoms with E-state index in [9.17, 15) is 14.7 Å². The number of aliphatic carboxylic acids is 1. The molecule has 110 valence electrons. The lowest BCUT2D eigenvalue weighted by Gasteiger charge is -2.27. The van der Waals surface area contributed by atoms with Crippen LogP contribution in [0.5, 0.6) is 0 Å². The molecule has 2 amide bonds. The third-order valence-corrected chi connectivity index (χ3v) is 3.96. The van der Waals surface area contributed by atoms with Crippen molar-refractivity contribution in [2.45, 2.75) is 38.8 Å². The first-order chi connectivity index (χ1) is 9.43. The number of carbonyl (C=O) groups is 2. The summed E-state index contributed by atoms with van der Waals surface area (Å²) in [4.78, 5) is 23.2. The Kier molecular flexibility index (Phi) is 3.91. The van der Waals surface area contributed by atoms with Gasteiger partial charge in [-0.05, 0) is 19.8 Å². The van der Waals surface area contributed by atoms with Gasteiger partial charge in [0.25, 0.3) is 0 Å². The maximum Gasteiger partial charge on any atom is 0.315 e. The van der Waals surface area contributed by atoms with E-state index in [1.54, 1.807) is 24.9 Å². The fourth-order valence-electron chi connectivity index (χ4n) is 2.49. The second-order valence-corrected chi connectivity index (χ2v) is 5.35. The number of nitrogens with zero attached hydrogens (tertiary/aromatic N) is 3. The molecule has 2 rings (SSSR count).